The zero-order chi connectivity index (χ0) is 9.68. The molecular weight excluding hydrogens is 156 g/mol. The van der Waals surface area contributed by atoms with Crippen LogP contribution in [0.1, 0.15) is 38.3 Å². The molecule has 0 saturated carbocycles. The summed E-state index contributed by atoms with van der Waals surface area (Å²) in [5.41, 5.74) is 2.94. The van der Waals surface area contributed by atoms with Crippen LogP contribution in [0.3, 0.4) is 0 Å². The lowest BCUT2D eigenvalue weighted by Gasteiger charge is -2.05. The first-order chi connectivity index (χ1) is 6.22. The van der Waals surface area contributed by atoms with Crippen LogP contribution in [0.4, 0.5) is 0 Å². The van der Waals surface area contributed by atoms with E-state index >= 15 is 0 Å². The molecule has 1 aromatic rings. The fourth-order valence-corrected chi connectivity index (χ4v) is 1.60. The minimum absolute atomic E-state index is 0.761. The monoisotopic (exact) mass is 176 g/mol. The van der Waals surface area contributed by atoms with Gasteiger partial charge in [0.2, 0.25) is 0 Å². The lowest BCUT2D eigenvalue weighted by Crippen LogP contribution is -1.94. The Morgan fingerprint density at radius 2 is 1.54 bits per heavy atom. The van der Waals surface area contributed by atoms with Crippen LogP contribution < -0.4 is 0 Å². The normalized spacial score (nSPS) is 10.8. The maximum Gasteiger partial charge on any atom is -0.0256 e. The van der Waals surface area contributed by atoms with Gasteiger partial charge in [0, 0.05) is 0 Å². The molecule has 0 bridgehead atoms. The fourth-order valence-electron chi connectivity index (χ4n) is 1.60. The average Bonchev–Trinajstić information content (AvgIpc) is 2.08. The zero-order valence-electron chi connectivity index (χ0n) is 9.01. The molecule has 0 fully saturated rings. The van der Waals surface area contributed by atoms with Crippen LogP contribution in [0.25, 0.3) is 0 Å². The van der Waals surface area contributed by atoms with Crippen molar-refractivity contribution >= 4 is 0 Å². The van der Waals surface area contributed by atoms with Crippen molar-refractivity contribution in [3.63, 3.8) is 0 Å². The highest BCUT2D eigenvalue weighted by atomic mass is 14.0. The Morgan fingerprint density at radius 1 is 1.00 bits per heavy atom. The number of rotatable bonds is 4. The third-order valence-electron chi connectivity index (χ3n) is 2.21. The summed E-state index contributed by atoms with van der Waals surface area (Å²) in [6.45, 7) is 6.75. The van der Waals surface area contributed by atoms with Crippen molar-refractivity contribution in [2.24, 2.45) is 5.92 Å². The lowest BCUT2D eigenvalue weighted by atomic mass is 10.0. The first kappa shape index (κ1) is 10.3. The molecule has 0 amide bonds. The van der Waals surface area contributed by atoms with Gasteiger partial charge in [0.25, 0.3) is 0 Å². The van der Waals surface area contributed by atoms with E-state index in [9.17, 15) is 0 Å². The Hall–Kier alpha value is -0.780. The Balaban J connectivity index is 2.59. The molecule has 0 unspecified atom stereocenters. The molecule has 1 rings (SSSR count). The van der Waals surface area contributed by atoms with E-state index in [-0.39, 0.29) is 0 Å². The third kappa shape index (κ3) is 3.63. The molecule has 0 aliphatic rings. The van der Waals surface area contributed by atoms with Crippen LogP contribution in [-0.4, -0.2) is 0 Å². The van der Waals surface area contributed by atoms with Crippen molar-refractivity contribution in [1.82, 2.24) is 0 Å². The molecule has 13 heavy (non-hydrogen) atoms. The number of aryl methyl sites for hydroxylation is 1. The van der Waals surface area contributed by atoms with E-state index < -0.39 is 0 Å². The van der Waals surface area contributed by atoms with Gasteiger partial charge in [0.1, 0.15) is 0 Å². The van der Waals surface area contributed by atoms with E-state index in [1.165, 1.54) is 30.4 Å². The predicted molar refractivity (Wildman–Crippen MR) is 59.0 cm³/mol. The van der Waals surface area contributed by atoms with E-state index in [0.717, 1.165) is 5.92 Å². The predicted octanol–water partition coefficient (Wildman–Crippen LogP) is 3.84. The van der Waals surface area contributed by atoms with Crippen LogP contribution in [-0.2, 0) is 12.8 Å². The summed E-state index contributed by atoms with van der Waals surface area (Å²) in [6, 6.07) is 9.07. The maximum absolute atomic E-state index is 2.27. The molecule has 0 nitrogen and oxygen atoms in total. The van der Waals surface area contributed by atoms with E-state index in [1.54, 1.807) is 0 Å². The Labute approximate surface area is 82.0 Å². The van der Waals surface area contributed by atoms with Gasteiger partial charge in [-0.15, -0.1) is 0 Å². The van der Waals surface area contributed by atoms with Gasteiger partial charge in [0.15, 0.2) is 0 Å². The molecule has 0 atom stereocenters. The van der Waals surface area contributed by atoms with Crippen LogP contribution in [0.2, 0.25) is 0 Å². The molecule has 0 aliphatic carbocycles. The first-order valence-electron chi connectivity index (χ1n) is 5.30. The van der Waals surface area contributed by atoms with E-state index in [0.29, 0.717) is 0 Å². The molecule has 0 heterocycles. The van der Waals surface area contributed by atoms with Gasteiger partial charge in [-0.25, -0.2) is 0 Å². The first-order valence-corrected chi connectivity index (χ1v) is 5.30. The van der Waals surface area contributed by atoms with E-state index in [2.05, 4.69) is 45.0 Å². The van der Waals surface area contributed by atoms with Gasteiger partial charge in [-0.3, -0.25) is 0 Å². The fraction of sp³-hybridized carbons (Fsp3) is 0.538. The number of hydrogen-bond acceptors (Lipinski definition) is 0. The molecule has 72 valence electrons. The molecular formula is C13H20. The molecule has 0 radical (unpaired) electrons. The average molecular weight is 176 g/mol. The molecule has 0 heteroatoms. The van der Waals surface area contributed by atoms with E-state index in [1.807, 2.05) is 0 Å². The lowest BCUT2D eigenvalue weighted by molar-refractivity contribution is 0.647. The SMILES string of the molecule is CCCc1ccc(CC(C)C)cc1. The summed E-state index contributed by atoms with van der Waals surface area (Å²) in [6.07, 6.45) is 3.65. The van der Waals surface area contributed by atoms with Crippen LogP contribution in [0.5, 0.6) is 0 Å². The minimum Gasteiger partial charge on any atom is -0.0651 e. The second kappa shape index (κ2) is 5.06. The van der Waals surface area contributed by atoms with Crippen molar-refractivity contribution in [1.29, 1.82) is 0 Å². The number of hydrogen-bond donors (Lipinski definition) is 0. The second-order valence-corrected chi connectivity index (χ2v) is 4.16. The van der Waals surface area contributed by atoms with E-state index in [4.69, 9.17) is 0 Å². The second-order valence-electron chi connectivity index (χ2n) is 4.16. The Bertz CT molecular complexity index is 231. The molecule has 0 spiro atoms. The van der Waals surface area contributed by atoms with Crippen molar-refractivity contribution in [2.45, 2.75) is 40.0 Å². The molecule has 0 saturated heterocycles. The van der Waals surface area contributed by atoms with Crippen molar-refractivity contribution in [3.05, 3.63) is 35.4 Å². The highest BCUT2D eigenvalue weighted by molar-refractivity contribution is 5.22. The minimum atomic E-state index is 0.761. The summed E-state index contributed by atoms with van der Waals surface area (Å²) in [7, 11) is 0. The van der Waals surface area contributed by atoms with Crippen LogP contribution >= 0.6 is 0 Å². The summed E-state index contributed by atoms with van der Waals surface area (Å²) < 4.78 is 0. The molecule has 1 aromatic carbocycles. The van der Waals surface area contributed by atoms with Gasteiger partial charge < -0.3 is 0 Å². The van der Waals surface area contributed by atoms with Crippen LogP contribution in [0, 0.1) is 5.92 Å². The van der Waals surface area contributed by atoms with Crippen LogP contribution in [0.15, 0.2) is 24.3 Å². The summed E-state index contributed by atoms with van der Waals surface area (Å²) in [5, 5.41) is 0. The van der Waals surface area contributed by atoms with Crippen molar-refractivity contribution < 1.29 is 0 Å². The quantitative estimate of drug-likeness (QED) is 0.654. The third-order valence-corrected chi connectivity index (χ3v) is 2.21. The van der Waals surface area contributed by atoms with Gasteiger partial charge in [-0.1, -0.05) is 51.5 Å². The molecule has 0 aliphatic heterocycles. The summed E-state index contributed by atoms with van der Waals surface area (Å²) in [5.74, 6) is 0.761. The summed E-state index contributed by atoms with van der Waals surface area (Å²) in [4.78, 5) is 0. The van der Waals surface area contributed by atoms with Gasteiger partial charge >= 0.3 is 0 Å². The van der Waals surface area contributed by atoms with Gasteiger partial charge in [-0.05, 0) is 29.9 Å². The molecule has 0 aromatic heterocycles. The number of benzene rings is 1. The smallest absolute Gasteiger partial charge is 0.0256 e. The van der Waals surface area contributed by atoms with Gasteiger partial charge in [-0.2, -0.15) is 0 Å². The standard InChI is InChI=1S/C13H20/c1-4-5-12-6-8-13(9-7-12)10-11(2)3/h6-9,11H,4-5,10H2,1-3H3. The Kier molecular flexibility index (Phi) is 4.01. The topological polar surface area (TPSA) is 0 Å². The largest absolute Gasteiger partial charge is 0.0651 e. The highest BCUT2D eigenvalue weighted by Gasteiger charge is 1.97. The molecule has 0 N–H and O–H groups in total. The summed E-state index contributed by atoms with van der Waals surface area (Å²) >= 11 is 0. The highest BCUT2D eigenvalue weighted by Crippen LogP contribution is 2.10. The Morgan fingerprint density at radius 3 is 2.00 bits per heavy atom. The van der Waals surface area contributed by atoms with Crippen molar-refractivity contribution in [2.75, 3.05) is 0 Å². The van der Waals surface area contributed by atoms with Gasteiger partial charge in [0.05, 0.1) is 0 Å². The van der Waals surface area contributed by atoms with Crippen molar-refractivity contribution in [3.8, 4) is 0 Å². The maximum atomic E-state index is 2.27. The zero-order valence-corrected chi connectivity index (χ0v) is 9.01.